The van der Waals surface area contributed by atoms with Gasteiger partial charge in [0.15, 0.2) is 0 Å². The smallest absolute Gasteiger partial charge is 0.410 e. The molecule has 0 bridgehead atoms. The van der Waals surface area contributed by atoms with Crippen LogP contribution < -0.4 is 0 Å². The molecule has 2 fully saturated rings. The molecule has 0 aromatic heterocycles. The lowest BCUT2D eigenvalue weighted by Crippen LogP contribution is -2.36. The number of carbonyl (C=O) groups excluding carboxylic acids is 1. The predicted octanol–water partition coefficient (Wildman–Crippen LogP) is 1.87. The highest BCUT2D eigenvalue weighted by Crippen LogP contribution is 2.41. The SMILES string of the molecule is CC(C)(C)OC(=O)N1CC2CC(CO)C[C@@H]2C1. The first-order chi connectivity index (χ1) is 7.89. The summed E-state index contributed by atoms with van der Waals surface area (Å²) in [6, 6.07) is 0. The molecule has 1 saturated heterocycles. The molecule has 2 unspecified atom stereocenters. The van der Waals surface area contributed by atoms with Crippen LogP contribution in [-0.2, 0) is 4.74 Å². The van der Waals surface area contributed by atoms with Crippen molar-refractivity contribution >= 4 is 6.09 Å². The normalized spacial score (nSPS) is 32.7. The standard InChI is InChI=1S/C13H23NO3/c1-13(2,3)17-12(16)14-6-10-4-9(8-15)5-11(10)7-14/h9-11,15H,4-8H2,1-3H3/t9?,10-,11?/m1/s1. The summed E-state index contributed by atoms with van der Waals surface area (Å²) in [7, 11) is 0. The van der Waals surface area contributed by atoms with E-state index in [0.717, 1.165) is 25.9 Å². The Morgan fingerprint density at radius 1 is 1.29 bits per heavy atom. The number of likely N-dealkylation sites (tertiary alicyclic amines) is 1. The number of rotatable bonds is 1. The first-order valence-electron chi connectivity index (χ1n) is 6.48. The maximum Gasteiger partial charge on any atom is 0.410 e. The maximum absolute atomic E-state index is 11.9. The molecule has 98 valence electrons. The van der Waals surface area contributed by atoms with Gasteiger partial charge in [-0.05, 0) is 51.4 Å². The van der Waals surface area contributed by atoms with Crippen molar-refractivity contribution in [3.05, 3.63) is 0 Å². The summed E-state index contributed by atoms with van der Waals surface area (Å²) in [5.74, 6) is 1.59. The molecule has 1 saturated carbocycles. The van der Waals surface area contributed by atoms with Crippen molar-refractivity contribution in [1.29, 1.82) is 0 Å². The second kappa shape index (κ2) is 4.48. The van der Waals surface area contributed by atoms with Crippen LogP contribution in [0.25, 0.3) is 0 Å². The van der Waals surface area contributed by atoms with Gasteiger partial charge >= 0.3 is 6.09 Å². The molecular formula is C13H23NO3. The highest BCUT2D eigenvalue weighted by Gasteiger charge is 2.42. The zero-order valence-corrected chi connectivity index (χ0v) is 11.0. The number of aliphatic hydroxyl groups is 1. The van der Waals surface area contributed by atoms with Gasteiger partial charge in [-0.2, -0.15) is 0 Å². The molecule has 1 aliphatic heterocycles. The van der Waals surface area contributed by atoms with E-state index in [1.54, 1.807) is 0 Å². The fraction of sp³-hybridized carbons (Fsp3) is 0.923. The zero-order valence-electron chi connectivity index (χ0n) is 11.0. The van der Waals surface area contributed by atoms with E-state index in [-0.39, 0.29) is 6.09 Å². The molecular weight excluding hydrogens is 218 g/mol. The van der Waals surface area contributed by atoms with Gasteiger partial charge in [0, 0.05) is 19.7 Å². The van der Waals surface area contributed by atoms with E-state index in [0.29, 0.717) is 24.4 Å². The van der Waals surface area contributed by atoms with Gasteiger partial charge in [-0.1, -0.05) is 0 Å². The van der Waals surface area contributed by atoms with Crippen molar-refractivity contribution in [3.8, 4) is 0 Å². The summed E-state index contributed by atoms with van der Waals surface area (Å²) in [5.41, 5.74) is -0.414. The summed E-state index contributed by atoms with van der Waals surface area (Å²) < 4.78 is 5.38. The van der Waals surface area contributed by atoms with E-state index in [1.165, 1.54) is 0 Å². The van der Waals surface area contributed by atoms with Crippen LogP contribution in [0.5, 0.6) is 0 Å². The van der Waals surface area contributed by atoms with Gasteiger partial charge in [0.05, 0.1) is 0 Å². The van der Waals surface area contributed by atoms with Gasteiger partial charge in [-0.25, -0.2) is 4.79 Å². The minimum atomic E-state index is -0.414. The summed E-state index contributed by atoms with van der Waals surface area (Å²) in [6.07, 6.45) is 1.92. The zero-order chi connectivity index (χ0) is 12.6. The van der Waals surface area contributed by atoms with Gasteiger partial charge in [-0.3, -0.25) is 0 Å². The van der Waals surface area contributed by atoms with Crippen molar-refractivity contribution in [1.82, 2.24) is 4.90 Å². The van der Waals surface area contributed by atoms with E-state index < -0.39 is 5.60 Å². The first-order valence-corrected chi connectivity index (χ1v) is 6.48. The van der Waals surface area contributed by atoms with Crippen LogP contribution in [0.4, 0.5) is 4.79 Å². The van der Waals surface area contributed by atoms with Gasteiger partial charge in [0.2, 0.25) is 0 Å². The number of hydrogen-bond acceptors (Lipinski definition) is 3. The molecule has 1 amide bonds. The van der Waals surface area contributed by atoms with Crippen LogP contribution in [0.2, 0.25) is 0 Å². The largest absolute Gasteiger partial charge is 0.444 e. The molecule has 3 atom stereocenters. The second-order valence-corrected chi connectivity index (χ2v) is 6.43. The Hall–Kier alpha value is -0.770. The summed E-state index contributed by atoms with van der Waals surface area (Å²) >= 11 is 0. The van der Waals surface area contributed by atoms with Crippen LogP contribution in [0.1, 0.15) is 33.6 Å². The summed E-state index contributed by atoms with van der Waals surface area (Å²) in [6.45, 7) is 7.57. The Morgan fingerprint density at radius 3 is 2.24 bits per heavy atom. The number of hydrogen-bond donors (Lipinski definition) is 1. The van der Waals surface area contributed by atoms with E-state index >= 15 is 0 Å². The third-order valence-corrected chi connectivity index (χ3v) is 3.76. The van der Waals surface area contributed by atoms with Gasteiger partial charge in [0.25, 0.3) is 0 Å². The maximum atomic E-state index is 11.9. The molecule has 1 heterocycles. The first kappa shape index (κ1) is 12.7. The fourth-order valence-corrected chi connectivity index (χ4v) is 3.05. The fourth-order valence-electron chi connectivity index (χ4n) is 3.05. The number of amides is 1. The number of ether oxygens (including phenoxy) is 1. The van der Waals surface area contributed by atoms with Crippen molar-refractivity contribution in [2.24, 2.45) is 17.8 Å². The van der Waals surface area contributed by atoms with E-state index in [4.69, 9.17) is 9.84 Å². The van der Waals surface area contributed by atoms with Gasteiger partial charge in [-0.15, -0.1) is 0 Å². The Kier molecular flexibility index (Phi) is 3.34. The average Bonchev–Trinajstić information content (AvgIpc) is 2.70. The van der Waals surface area contributed by atoms with Crippen LogP contribution in [0.3, 0.4) is 0 Å². The molecule has 0 radical (unpaired) electrons. The molecule has 1 N–H and O–H groups in total. The van der Waals surface area contributed by atoms with Crippen molar-refractivity contribution in [2.75, 3.05) is 19.7 Å². The lowest BCUT2D eigenvalue weighted by Gasteiger charge is -2.25. The summed E-state index contributed by atoms with van der Waals surface area (Å²) in [4.78, 5) is 13.7. The monoisotopic (exact) mass is 241 g/mol. The molecule has 4 heteroatoms. The number of aliphatic hydroxyl groups excluding tert-OH is 1. The molecule has 0 spiro atoms. The van der Waals surface area contributed by atoms with Crippen molar-refractivity contribution in [3.63, 3.8) is 0 Å². The molecule has 17 heavy (non-hydrogen) atoms. The topological polar surface area (TPSA) is 49.8 Å². The van der Waals surface area contributed by atoms with Crippen LogP contribution in [-0.4, -0.2) is 41.4 Å². The molecule has 0 aromatic rings. The summed E-state index contributed by atoms with van der Waals surface area (Å²) in [5, 5.41) is 9.14. The van der Waals surface area contributed by atoms with Crippen LogP contribution in [0, 0.1) is 17.8 Å². The highest BCUT2D eigenvalue weighted by atomic mass is 16.6. The van der Waals surface area contributed by atoms with Crippen LogP contribution >= 0.6 is 0 Å². The number of nitrogens with zero attached hydrogens (tertiary/aromatic N) is 1. The molecule has 1 aliphatic carbocycles. The lowest BCUT2D eigenvalue weighted by atomic mass is 10.0. The Morgan fingerprint density at radius 2 is 1.82 bits per heavy atom. The Balaban J connectivity index is 1.86. The van der Waals surface area contributed by atoms with Crippen molar-refractivity contribution < 1.29 is 14.6 Å². The van der Waals surface area contributed by atoms with Crippen LogP contribution in [0.15, 0.2) is 0 Å². The second-order valence-electron chi connectivity index (χ2n) is 6.43. The Labute approximate surface area is 103 Å². The minimum Gasteiger partial charge on any atom is -0.444 e. The quantitative estimate of drug-likeness (QED) is 0.762. The van der Waals surface area contributed by atoms with Gasteiger partial charge in [0.1, 0.15) is 5.60 Å². The minimum absolute atomic E-state index is 0.188. The number of carbonyl (C=O) groups is 1. The van der Waals surface area contributed by atoms with E-state index in [2.05, 4.69) is 0 Å². The third-order valence-electron chi connectivity index (χ3n) is 3.76. The number of fused-ring (bicyclic) bond motifs is 1. The van der Waals surface area contributed by atoms with E-state index in [9.17, 15) is 4.79 Å². The molecule has 4 nitrogen and oxygen atoms in total. The van der Waals surface area contributed by atoms with Gasteiger partial charge < -0.3 is 14.7 Å². The molecule has 2 aliphatic rings. The molecule has 2 rings (SSSR count). The highest BCUT2D eigenvalue weighted by molar-refractivity contribution is 5.68. The Bertz CT molecular complexity index is 284. The van der Waals surface area contributed by atoms with E-state index in [1.807, 2.05) is 25.7 Å². The molecule has 0 aromatic carbocycles. The third kappa shape index (κ3) is 2.92. The predicted molar refractivity (Wildman–Crippen MR) is 64.6 cm³/mol. The van der Waals surface area contributed by atoms with Crippen molar-refractivity contribution in [2.45, 2.75) is 39.2 Å². The lowest BCUT2D eigenvalue weighted by molar-refractivity contribution is 0.0276. The average molecular weight is 241 g/mol.